The van der Waals surface area contributed by atoms with Gasteiger partial charge in [-0.15, -0.1) is 0 Å². The van der Waals surface area contributed by atoms with E-state index in [2.05, 4.69) is 0 Å². The molecule has 2 amide bonds. The van der Waals surface area contributed by atoms with Crippen molar-refractivity contribution in [3.63, 3.8) is 0 Å². The molecular formula is C4H3N2O2+. The lowest BCUT2D eigenvalue weighted by Gasteiger charge is -1.70. The molecule has 0 fully saturated rings. The number of imide groups is 1. The van der Waals surface area contributed by atoms with Gasteiger partial charge in [0.25, 0.3) is 0 Å². The molecule has 0 radical (unpaired) electrons. The molecule has 1 heterocycles. The van der Waals surface area contributed by atoms with Gasteiger partial charge in [-0.1, -0.05) is 0 Å². The van der Waals surface area contributed by atoms with Gasteiger partial charge in [0.2, 0.25) is 0 Å². The van der Waals surface area contributed by atoms with E-state index < -0.39 is 11.8 Å². The van der Waals surface area contributed by atoms with Gasteiger partial charge in [0, 0.05) is 4.70 Å². The van der Waals surface area contributed by atoms with Gasteiger partial charge in [-0.3, -0.25) is 0 Å². The molecular weight excluding hydrogens is 108 g/mol. The Hall–Kier alpha value is -1.32. The van der Waals surface area contributed by atoms with Crippen molar-refractivity contribution in [2.45, 2.75) is 0 Å². The van der Waals surface area contributed by atoms with Crippen LogP contribution < -0.4 is 0 Å². The minimum absolute atomic E-state index is 0.306. The topological polar surface area (TPSA) is 61.0 Å². The summed E-state index contributed by atoms with van der Waals surface area (Å²) in [6.07, 6.45) is 2.13. The zero-order chi connectivity index (χ0) is 6.15. The van der Waals surface area contributed by atoms with Crippen LogP contribution >= 0.6 is 0 Å². The highest BCUT2D eigenvalue weighted by molar-refractivity contribution is 6.01. The Morgan fingerprint density at radius 1 is 1.25 bits per heavy atom. The van der Waals surface area contributed by atoms with Gasteiger partial charge in [-0.05, 0) is 5.53 Å². The zero-order valence-corrected chi connectivity index (χ0v) is 3.92. The predicted molar refractivity (Wildman–Crippen MR) is 22.1 cm³/mol. The van der Waals surface area contributed by atoms with Gasteiger partial charge in [0.15, 0.2) is 0 Å². The molecule has 1 aliphatic rings. The molecule has 4 nitrogen and oxygen atoms in total. The standard InChI is InChI=1S/C4H3N2O2/c5-6-3(7)1-2-4(6)8/h1-2,5H/q+1. The zero-order valence-electron chi connectivity index (χ0n) is 3.92. The average molecular weight is 111 g/mol. The van der Waals surface area contributed by atoms with E-state index in [-0.39, 0.29) is 0 Å². The molecule has 8 heavy (non-hydrogen) atoms. The minimum Gasteiger partial charge on any atom is -0.212 e. The van der Waals surface area contributed by atoms with Crippen LogP contribution in [0.4, 0.5) is 0 Å². The number of nitrogens with zero attached hydrogens (tertiary/aromatic N) is 1. The van der Waals surface area contributed by atoms with E-state index in [1.54, 1.807) is 0 Å². The van der Waals surface area contributed by atoms with E-state index in [9.17, 15) is 9.59 Å². The normalized spacial score (nSPS) is 18.2. The Balaban J connectivity index is 3.02. The quantitative estimate of drug-likeness (QED) is 0.343. The molecule has 1 rings (SSSR count). The van der Waals surface area contributed by atoms with E-state index in [0.29, 0.717) is 4.70 Å². The minimum atomic E-state index is -0.574. The van der Waals surface area contributed by atoms with Gasteiger partial charge in [-0.25, -0.2) is 9.59 Å². The van der Waals surface area contributed by atoms with Crippen molar-refractivity contribution in [3.05, 3.63) is 12.2 Å². The molecule has 0 spiro atoms. The van der Waals surface area contributed by atoms with Crippen LogP contribution in [0.1, 0.15) is 0 Å². The maximum atomic E-state index is 10.2. The maximum Gasteiger partial charge on any atom is 0.445 e. The predicted octanol–water partition coefficient (Wildman–Crippen LogP) is -0.347. The summed E-state index contributed by atoms with van der Waals surface area (Å²) in [6, 6.07) is 0. The summed E-state index contributed by atoms with van der Waals surface area (Å²) >= 11 is 0. The molecule has 4 heteroatoms. The molecule has 0 saturated heterocycles. The third-order valence-electron chi connectivity index (χ3n) is 0.809. The van der Waals surface area contributed by atoms with Crippen LogP contribution in [0.5, 0.6) is 0 Å². The Labute approximate surface area is 44.9 Å². The SMILES string of the molecule is N=[N+]1C(=O)C=CC1=O. The second kappa shape index (κ2) is 1.33. The molecule has 0 unspecified atom stereocenters. The van der Waals surface area contributed by atoms with Crippen LogP contribution in [0.2, 0.25) is 0 Å². The van der Waals surface area contributed by atoms with E-state index in [0.717, 1.165) is 12.2 Å². The van der Waals surface area contributed by atoms with Gasteiger partial charge in [0.1, 0.15) is 0 Å². The van der Waals surface area contributed by atoms with E-state index >= 15 is 0 Å². The molecule has 0 aromatic carbocycles. The van der Waals surface area contributed by atoms with Crippen LogP contribution in [-0.2, 0) is 9.59 Å². The number of carbonyl (C=O) groups excluding carboxylic acids is 2. The summed E-state index contributed by atoms with van der Waals surface area (Å²) < 4.78 is 0.306. The summed E-state index contributed by atoms with van der Waals surface area (Å²) in [6.45, 7) is 0. The first-order chi connectivity index (χ1) is 3.72. The molecule has 0 saturated carbocycles. The Morgan fingerprint density at radius 2 is 1.62 bits per heavy atom. The molecule has 40 valence electrons. The first-order valence-electron chi connectivity index (χ1n) is 1.99. The fraction of sp³-hybridized carbons (Fsp3) is 0. The van der Waals surface area contributed by atoms with Crippen molar-refractivity contribution >= 4 is 11.8 Å². The fourth-order valence-corrected chi connectivity index (χ4v) is 0.400. The van der Waals surface area contributed by atoms with Crippen molar-refractivity contribution < 1.29 is 14.3 Å². The van der Waals surface area contributed by atoms with Crippen LogP contribution in [0.15, 0.2) is 12.2 Å². The summed E-state index contributed by atoms with van der Waals surface area (Å²) in [7, 11) is 0. The monoisotopic (exact) mass is 111 g/mol. The van der Waals surface area contributed by atoms with Crippen molar-refractivity contribution in [2.75, 3.05) is 0 Å². The lowest BCUT2D eigenvalue weighted by molar-refractivity contribution is -0.449. The number of rotatable bonds is 0. The third-order valence-corrected chi connectivity index (χ3v) is 0.809. The second-order valence-electron chi connectivity index (χ2n) is 1.35. The highest BCUT2D eigenvalue weighted by atomic mass is 16.2. The molecule has 0 aromatic rings. The lowest BCUT2D eigenvalue weighted by Crippen LogP contribution is -2.14. The number of carbonyl (C=O) groups is 2. The summed E-state index contributed by atoms with van der Waals surface area (Å²) in [4.78, 5) is 20.4. The van der Waals surface area contributed by atoms with Crippen molar-refractivity contribution in [1.82, 2.24) is 0 Å². The van der Waals surface area contributed by atoms with Crippen molar-refractivity contribution in [2.24, 2.45) is 0 Å². The van der Waals surface area contributed by atoms with Gasteiger partial charge in [0.05, 0.1) is 12.2 Å². The number of nitrogens with one attached hydrogen (secondary N) is 1. The van der Waals surface area contributed by atoms with Crippen LogP contribution in [0.3, 0.4) is 0 Å². The fourth-order valence-electron chi connectivity index (χ4n) is 0.400. The summed E-state index contributed by atoms with van der Waals surface area (Å²) in [5.41, 5.74) is 6.62. The number of hydrogen-bond acceptors (Lipinski definition) is 3. The van der Waals surface area contributed by atoms with E-state index in [4.69, 9.17) is 5.53 Å². The van der Waals surface area contributed by atoms with E-state index in [1.807, 2.05) is 0 Å². The average Bonchev–Trinajstić information content (AvgIpc) is 1.98. The second-order valence-corrected chi connectivity index (χ2v) is 1.35. The van der Waals surface area contributed by atoms with E-state index in [1.165, 1.54) is 0 Å². The highest BCUT2D eigenvalue weighted by Gasteiger charge is 2.29. The van der Waals surface area contributed by atoms with Crippen LogP contribution in [0.25, 0.3) is 0 Å². The van der Waals surface area contributed by atoms with Crippen LogP contribution in [-0.4, -0.2) is 16.5 Å². The Kier molecular flexibility index (Phi) is 0.802. The maximum absolute atomic E-state index is 10.2. The Morgan fingerprint density at radius 3 is 1.75 bits per heavy atom. The lowest BCUT2D eigenvalue weighted by atomic mass is 10.6. The molecule has 0 aromatic heterocycles. The molecule has 1 aliphatic heterocycles. The van der Waals surface area contributed by atoms with Crippen molar-refractivity contribution in [3.8, 4) is 0 Å². The number of hydrogen-bond donors (Lipinski definition) is 1. The summed E-state index contributed by atoms with van der Waals surface area (Å²) in [5, 5.41) is 0. The smallest absolute Gasteiger partial charge is 0.212 e. The largest absolute Gasteiger partial charge is 0.445 e. The Bertz CT molecular complexity index is 184. The van der Waals surface area contributed by atoms with Crippen LogP contribution in [0, 0.1) is 5.53 Å². The number of amides is 2. The molecule has 0 bridgehead atoms. The highest BCUT2D eigenvalue weighted by Crippen LogP contribution is 1.92. The third kappa shape index (κ3) is 0.465. The molecule has 0 aliphatic carbocycles. The van der Waals surface area contributed by atoms with Gasteiger partial charge >= 0.3 is 11.8 Å². The summed E-state index contributed by atoms with van der Waals surface area (Å²) in [5.74, 6) is -1.15. The first-order valence-corrected chi connectivity index (χ1v) is 1.99. The first kappa shape index (κ1) is 4.83. The molecule has 1 N–H and O–H groups in total. The molecule has 0 atom stereocenters. The van der Waals surface area contributed by atoms with Gasteiger partial charge < -0.3 is 0 Å². The van der Waals surface area contributed by atoms with Gasteiger partial charge in [-0.2, -0.15) is 0 Å². The van der Waals surface area contributed by atoms with Crippen molar-refractivity contribution in [1.29, 1.82) is 5.53 Å².